The predicted octanol–water partition coefficient (Wildman–Crippen LogP) is 1.73. The molecule has 0 unspecified atom stereocenters. The summed E-state index contributed by atoms with van der Waals surface area (Å²) < 4.78 is 13.7. The third-order valence-electron chi connectivity index (χ3n) is 4.24. The summed E-state index contributed by atoms with van der Waals surface area (Å²) in [6, 6.07) is 9.90. The molecule has 148 valence electrons. The number of hydrogen-bond donors (Lipinski definition) is 1. The van der Waals surface area contributed by atoms with E-state index in [9.17, 15) is 14.7 Å². The second-order valence-electron chi connectivity index (χ2n) is 6.50. The van der Waals surface area contributed by atoms with Crippen molar-refractivity contribution in [3.63, 3.8) is 0 Å². The number of esters is 1. The molecule has 3 rings (SSSR count). The monoisotopic (exact) mass is 385 g/mol. The summed E-state index contributed by atoms with van der Waals surface area (Å²) in [5.74, 6) is 0.0439. The van der Waals surface area contributed by atoms with Gasteiger partial charge in [-0.2, -0.15) is 9.61 Å². The molecule has 0 saturated carbocycles. The van der Waals surface area contributed by atoms with E-state index in [4.69, 9.17) is 9.47 Å². The number of ether oxygens (including phenoxy) is 2. The van der Waals surface area contributed by atoms with Crippen molar-refractivity contribution >= 4 is 11.6 Å². The molecule has 0 radical (unpaired) electrons. The number of fused-ring (bicyclic) bond motifs is 1. The summed E-state index contributed by atoms with van der Waals surface area (Å²) in [4.78, 5) is 23.9. The molecular formula is C20H23N3O5. The van der Waals surface area contributed by atoms with Crippen LogP contribution >= 0.6 is 0 Å². The van der Waals surface area contributed by atoms with Gasteiger partial charge in [-0.15, -0.1) is 0 Å². The van der Waals surface area contributed by atoms with Crippen LogP contribution in [0.4, 0.5) is 0 Å². The van der Waals surface area contributed by atoms with Gasteiger partial charge >= 0.3 is 5.97 Å². The minimum Gasteiger partial charge on any atom is -0.491 e. The van der Waals surface area contributed by atoms with Gasteiger partial charge in [0.15, 0.2) is 0 Å². The Kier molecular flexibility index (Phi) is 5.79. The smallest absolute Gasteiger partial charge is 0.338 e. The highest BCUT2D eigenvalue weighted by atomic mass is 16.5. The van der Waals surface area contributed by atoms with Crippen LogP contribution < -0.4 is 10.3 Å². The molecule has 1 aromatic carbocycles. The van der Waals surface area contributed by atoms with E-state index < -0.39 is 12.1 Å². The highest BCUT2D eigenvalue weighted by molar-refractivity contribution is 5.89. The third kappa shape index (κ3) is 4.23. The van der Waals surface area contributed by atoms with Gasteiger partial charge in [0.2, 0.25) is 0 Å². The molecule has 0 aliphatic carbocycles. The Morgan fingerprint density at radius 3 is 2.79 bits per heavy atom. The minimum atomic E-state index is -0.827. The lowest BCUT2D eigenvalue weighted by molar-refractivity contribution is 0.0525. The quantitative estimate of drug-likeness (QED) is 0.623. The number of aliphatic hydroxyl groups is 1. The Labute approximate surface area is 161 Å². The van der Waals surface area contributed by atoms with E-state index in [0.29, 0.717) is 23.6 Å². The lowest BCUT2D eigenvalue weighted by Crippen LogP contribution is -2.27. The topological polar surface area (TPSA) is 95.1 Å². The third-order valence-corrected chi connectivity index (χ3v) is 4.24. The average Bonchev–Trinajstić information content (AvgIpc) is 3.06. The SMILES string of the molecule is CCOC(=O)c1cccc(OC[C@H](O)Cn2c(C)cc(=O)n3nc(C)cc23)c1. The average molecular weight is 385 g/mol. The minimum absolute atomic E-state index is 0.0249. The van der Waals surface area contributed by atoms with Gasteiger partial charge < -0.3 is 19.1 Å². The van der Waals surface area contributed by atoms with Crippen molar-refractivity contribution in [2.75, 3.05) is 13.2 Å². The number of aliphatic hydroxyl groups excluding tert-OH is 1. The van der Waals surface area contributed by atoms with Crippen LogP contribution in [0.1, 0.15) is 28.7 Å². The van der Waals surface area contributed by atoms with Crippen LogP contribution in [0.3, 0.4) is 0 Å². The van der Waals surface area contributed by atoms with Crippen molar-refractivity contribution in [1.29, 1.82) is 0 Å². The summed E-state index contributed by atoms with van der Waals surface area (Å²) in [5, 5.41) is 14.6. The van der Waals surface area contributed by atoms with Crippen molar-refractivity contribution in [3.8, 4) is 5.75 Å². The number of benzene rings is 1. The van der Waals surface area contributed by atoms with Gasteiger partial charge in [0.1, 0.15) is 24.1 Å². The maximum atomic E-state index is 12.1. The van der Waals surface area contributed by atoms with E-state index >= 15 is 0 Å². The van der Waals surface area contributed by atoms with Gasteiger partial charge in [0, 0.05) is 17.8 Å². The molecule has 3 aromatic rings. The van der Waals surface area contributed by atoms with Crippen LogP contribution in [0.15, 0.2) is 41.2 Å². The first-order valence-corrected chi connectivity index (χ1v) is 9.04. The zero-order valence-corrected chi connectivity index (χ0v) is 16.1. The zero-order valence-electron chi connectivity index (χ0n) is 16.1. The number of hydrogen-bond acceptors (Lipinski definition) is 6. The van der Waals surface area contributed by atoms with Gasteiger partial charge in [-0.25, -0.2) is 4.79 Å². The van der Waals surface area contributed by atoms with Crippen molar-refractivity contribution in [2.45, 2.75) is 33.4 Å². The molecule has 1 atom stereocenters. The molecular weight excluding hydrogens is 362 g/mol. The maximum absolute atomic E-state index is 12.1. The largest absolute Gasteiger partial charge is 0.491 e. The van der Waals surface area contributed by atoms with E-state index in [2.05, 4.69) is 5.10 Å². The summed E-state index contributed by atoms with van der Waals surface area (Å²) >= 11 is 0. The molecule has 2 aromatic heterocycles. The van der Waals surface area contributed by atoms with Crippen molar-refractivity contribution in [2.24, 2.45) is 0 Å². The summed E-state index contributed by atoms with van der Waals surface area (Å²) in [6.07, 6.45) is -0.827. The van der Waals surface area contributed by atoms with E-state index in [-0.39, 0.29) is 18.7 Å². The maximum Gasteiger partial charge on any atom is 0.338 e. The molecule has 0 spiro atoms. The Morgan fingerprint density at radius 2 is 2.04 bits per heavy atom. The fourth-order valence-electron chi connectivity index (χ4n) is 2.96. The molecule has 0 aliphatic rings. The first kappa shape index (κ1) is 19.6. The molecule has 1 N–H and O–H groups in total. The number of carbonyl (C=O) groups excluding carboxylic acids is 1. The van der Waals surface area contributed by atoms with Crippen LogP contribution in [0.25, 0.3) is 5.65 Å². The van der Waals surface area contributed by atoms with Gasteiger partial charge in [-0.05, 0) is 39.0 Å². The van der Waals surface area contributed by atoms with Gasteiger partial charge in [-0.3, -0.25) is 4.79 Å². The van der Waals surface area contributed by atoms with Crippen molar-refractivity contribution in [3.05, 3.63) is 63.7 Å². The first-order chi connectivity index (χ1) is 13.4. The van der Waals surface area contributed by atoms with Crippen LogP contribution in [-0.2, 0) is 11.3 Å². The number of aromatic nitrogens is 3. The van der Waals surface area contributed by atoms with Crippen LogP contribution in [0, 0.1) is 13.8 Å². The van der Waals surface area contributed by atoms with Crippen molar-refractivity contribution in [1.82, 2.24) is 14.2 Å². The van der Waals surface area contributed by atoms with Gasteiger partial charge in [-0.1, -0.05) is 6.07 Å². The van der Waals surface area contributed by atoms with E-state index in [1.807, 2.05) is 11.5 Å². The van der Waals surface area contributed by atoms with Crippen LogP contribution in [-0.4, -0.2) is 44.6 Å². The van der Waals surface area contributed by atoms with E-state index in [1.54, 1.807) is 44.2 Å². The molecule has 28 heavy (non-hydrogen) atoms. The number of aryl methyl sites for hydroxylation is 2. The highest BCUT2D eigenvalue weighted by Crippen LogP contribution is 2.15. The lowest BCUT2D eigenvalue weighted by atomic mass is 10.2. The second kappa shape index (κ2) is 8.26. The first-order valence-electron chi connectivity index (χ1n) is 9.04. The predicted molar refractivity (Wildman–Crippen MR) is 103 cm³/mol. The fraction of sp³-hybridized carbons (Fsp3) is 0.350. The van der Waals surface area contributed by atoms with Gasteiger partial charge in [0.25, 0.3) is 5.56 Å². The zero-order chi connectivity index (χ0) is 20.3. The Hall–Kier alpha value is -3.13. The number of rotatable bonds is 7. The molecule has 0 fully saturated rings. The molecule has 8 nitrogen and oxygen atoms in total. The standard InChI is InChI=1S/C20H23N3O5/c1-4-27-20(26)15-6-5-7-17(10-15)28-12-16(24)11-22-14(3)9-19(25)23-18(22)8-13(2)21-23/h5-10,16,24H,4,11-12H2,1-3H3/t16-/m1/s1. The summed E-state index contributed by atoms with van der Waals surface area (Å²) in [5.41, 5.74) is 2.24. The van der Waals surface area contributed by atoms with Crippen molar-refractivity contribution < 1.29 is 19.4 Å². The highest BCUT2D eigenvalue weighted by Gasteiger charge is 2.14. The molecule has 0 aliphatic heterocycles. The summed E-state index contributed by atoms with van der Waals surface area (Å²) in [7, 11) is 0. The second-order valence-corrected chi connectivity index (χ2v) is 6.50. The molecule has 0 saturated heterocycles. The fourth-order valence-corrected chi connectivity index (χ4v) is 2.96. The van der Waals surface area contributed by atoms with Crippen LogP contribution in [0.2, 0.25) is 0 Å². The molecule has 0 amide bonds. The molecule has 0 bridgehead atoms. The normalized spacial score (nSPS) is 12.1. The Morgan fingerprint density at radius 1 is 1.25 bits per heavy atom. The number of nitrogens with zero attached hydrogens (tertiary/aromatic N) is 3. The van der Waals surface area contributed by atoms with Crippen LogP contribution in [0.5, 0.6) is 5.75 Å². The lowest BCUT2D eigenvalue weighted by Gasteiger charge is -2.17. The number of carbonyl (C=O) groups is 1. The van der Waals surface area contributed by atoms with Gasteiger partial charge in [0.05, 0.1) is 24.4 Å². The Bertz CT molecular complexity index is 1050. The Balaban J connectivity index is 1.71. The van der Waals surface area contributed by atoms with E-state index in [1.165, 1.54) is 10.6 Å². The summed E-state index contributed by atoms with van der Waals surface area (Å²) in [6.45, 7) is 5.91. The van der Waals surface area contributed by atoms with E-state index in [0.717, 1.165) is 11.4 Å². The molecule has 2 heterocycles. The molecule has 8 heteroatoms.